The third-order valence-corrected chi connectivity index (χ3v) is 2.99. The van der Waals surface area contributed by atoms with Gasteiger partial charge < -0.3 is 15.2 Å². The first-order chi connectivity index (χ1) is 10.5. The number of hydrogen-bond acceptors (Lipinski definition) is 6. The van der Waals surface area contributed by atoms with E-state index in [0.29, 0.717) is 0 Å². The standard InChI is InChI=1S/C14H13FN2O5/c1-22-14(21)9-3-2-8(6-10(9)15)16-11-7-12(19)17(4-5-18)13(11)20/h2-3,6-7,16,18H,4-5H2,1H3. The molecule has 1 aromatic carbocycles. The summed E-state index contributed by atoms with van der Waals surface area (Å²) in [6, 6.07) is 3.60. The molecule has 116 valence electrons. The van der Waals surface area contributed by atoms with Crippen LogP contribution in [0.1, 0.15) is 10.4 Å². The predicted octanol–water partition coefficient (Wildman–Crippen LogP) is 0.269. The first kappa shape index (κ1) is 15.6. The largest absolute Gasteiger partial charge is 0.465 e. The van der Waals surface area contributed by atoms with Crippen molar-refractivity contribution in [3.05, 3.63) is 41.4 Å². The number of carbonyl (C=O) groups is 3. The van der Waals surface area contributed by atoms with E-state index in [9.17, 15) is 18.8 Å². The summed E-state index contributed by atoms with van der Waals surface area (Å²) in [6.07, 6.45) is 1.06. The van der Waals surface area contributed by atoms with E-state index in [4.69, 9.17) is 5.11 Å². The molecular formula is C14H13FN2O5. The molecule has 2 amide bonds. The number of nitrogens with one attached hydrogen (secondary N) is 1. The minimum atomic E-state index is -0.818. The third kappa shape index (κ3) is 2.96. The number of imide groups is 1. The lowest BCUT2D eigenvalue weighted by Gasteiger charge is -2.13. The van der Waals surface area contributed by atoms with Gasteiger partial charge in [0.15, 0.2) is 0 Å². The molecule has 0 unspecified atom stereocenters. The van der Waals surface area contributed by atoms with Crippen molar-refractivity contribution in [3.8, 4) is 0 Å². The first-order valence-corrected chi connectivity index (χ1v) is 6.31. The summed E-state index contributed by atoms with van der Waals surface area (Å²) in [4.78, 5) is 35.6. The molecule has 0 aromatic heterocycles. The van der Waals surface area contributed by atoms with E-state index in [2.05, 4.69) is 10.1 Å². The molecule has 7 nitrogen and oxygen atoms in total. The van der Waals surface area contributed by atoms with Gasteiger partial charge in [0.25, 0.3) is 11.8 Å². The van der Waals surface area contributed by atoms with Crippen LogP contribution in [0.25, 0.3) is 0 Å². The highest BCUT2D eigenvalue weighted by molar-refractivity contribution is 6.17. The summed E-state index contributed by atoms with van der Waals surface area (Å²) < 4.78 is 18.2. The van der Waals surface area contributed by atoms with E-state index in [-0.39, 0.29) is 30.1 Å². The van der Waals surface area contributed by atoms with Crippen LogP contribution in [0.5, 0.6) is 0 Å². The number of rotatable bonds is 5. The Balaban J connectivity index is 2.17. The van der Waals surface area contributed by atoms with Crippen molar-refractivity contribution in [2.24, 2.45) is 0 Å². The molecule has 2 N–H and O–H groups in total. The molecule has 1 heterocycles. The van der Waals surface area contributed by atoms with Crippen LogP contribution in [0.3, 0.4) is 0 Å². The van der Waals surface area contributed by atoms with Crippen molar-refractivity contribution < 1.29 is 28.6 Å². The summed E-state index contributed by atoms with van der Waals surface area (Å²) in [6.45, 7) is -0.462. The van der Waals surface area contributed by atoms with Crippen LogP contribution in [-0.2, 0) is 14.3 Å². The van der Waals surface area contributed by atoms with Gasteiger partial charge >= 0.3 is 5.97 Å². The summed E-state index contributed by atoms with van der Waals surface area (Å²) in [5, 5.41) is 11.4. The van der Waals surface area contributed by atoms with Crippen molar-refractivity contribution in [2.75, 3.05) is 25.6 Å². The number of anilines is 1. The van der Waals surface area contributed by atoms with Gasteiger partial charge in [-0.15, -0.1) is 0 Å². The summed E-state index contributed by atoms with van der Waals surface area (Å²) in [5.41, 5.74) is -0.0789. The van der Waals surface area contributed by atoms with Crippen LogP contribution in [0.2, 0.25) is 0 Å². The molecule has 0 fully saturated rings. The van der Waals surface area contributed by atoms with Gasteiger partial charge in [-0.05, 0) is 18.2 Å². The maximum Gasteiger partial charge on any atom is 0.340 e. The smallest absolute Gasteiger partial charge is 0.340 e. The van der Waals surface area contributed by atoms with Crippen molar-refractivity contribution in [2.45, 2.75) is 0 Å². The fourth-order valence-electron chi connectivity index (χ4n) is 1.93. The van der Waals surface area contributed by atoms with Crippen molar-refractivity contribution in [1.82, 2.24) is 4.90 Å². The summed E-state index contributed by atoms with van der Waals surface area (Å²) in [7, 11) is 1.14. The van der Waals surface area contributed by atoms with Gasteiger partial charge in [0.1, 0.15) is 11.5 Å². The summed E-state index contributed by atoms with van der Waals surface area (Å²) in [5.74, 6) is -2.81. The average molecular weight is 308 g/mol. The Bertz CT molecular complexity index is 671. The molecule has 8 heteroatoms. The average Bonchev–Trinajstić information content (AvgIpc) is 2.75. The second kappa shape index (κ2) is 6.35. The molecule has 0 saturated heterocycles. The maximum atomic E-state index is 13.8. The highest BCUT2D eigenvalue weighted by Gasteiger charge is 2.30. The molecule has 0 radical (unpaired) electrons. The maximum absolute atomic E-state index is 13.8. The van der Waals surface area contributed by atoms with Gasteiger partial charge in [0.2, 0.25) is 0 Å². The zero-order valence-electron chi connectivity index (χ0n) is 11.6. The minimum absolute atomic E-state index is 0.0383. The second-order valence-electron chi connectivity index (χ2n) is 4.39. The Morgan fingerprint density at radius 3 is 2.73 bits per heavy atom. The van der Waals surface area contributed by atoms with E-state index in [1.165, 1.54) is 12.1 Å². The zero-order valence-corrected chi connectivity index (χ0v) is 11.6. The number of hydrogen-bond donors (Lipinski definition) is 2. The molecule has 1 aliphatic heterocycles. The van der Waals surface area contributed by atoms with Crippen LogP contribution in [0.15, 0.2) is 30.0 Å². The number of benzene rings is 1. The van der Waals surface area contributed by atoms with Crippen LogP contribution in [0, 0.1) is 5.82 Å². The third-order valence-electron chi connectivity index (χ3n) is 2.99. The Hall–Kier alpha value is -2.74. The predicted molar refractivity (Wildman–Crippen MR) is 73.3 cm³/mol. The molecular weight excluding hydrogens is 295 g/mol. The van der Waals surface area contributed by atoms with Crippen molar-refractivity contribution >= 4 is 23.5 Å². The molecule has 2 rings (SSSR count). The number of halogens is 1. The van der Waals surface area contributed by atoms with Crippen LogP contribution in [-0.4, -0.2) is 48.1 Å². The molecule has 22 heavy (non-hydrogen) atoms. The zero-order chi connectivity index (χ0) is 16.3. The van der Waals surface area contributed by atoms with Crippen LogP contribution in [0.4, 0.5) is 10.1 Å². The fraction of sp³-hybridized carbons (Fsp3) is 0.214. The minimum Gasteiger partial charge on any atom is -0.465 e. The SMILES string of the molecule is COC(=O)c1ccc(NC2=CC(=O)N(CCO)C2=O)cc1F. The van der Waals surface area contributed by atoms with Gasteiger partial charge in [0.05, 0.1) is 25.8 Å². The number of β-amino-alcohol motifs (C(OH)–C–C–N with tert-alkyl or cyclic N) is 1. The molecule has 0 spiro atoms. The van der Waals surface area contributed by atoms with Crippen molar-refractivity contribution in [3.63, 3.8) is 0 Å². The Morgan fingerprint density at radius 2 is 2.14 bits per heavy atom. The Kier molecular flexibility index (Phi) is 4.52. The van der Waals surface area contributed by atoms with Gasteiger partial charge in [-0.25, -0.2) is 9.18 Å². The highest BCUT2D eigenvalue weighted by atomic mass is 19.1. The lowest BCUT2D eigenvalue weighted by Crippen LogP contribution is -2.34. The lowest BCUT2D eigenvalue weighted by molar-refractivity contribution is -0.137. The van der Waals surface area contributed by atoms with Gasteiger partial charge in [-0.2, -0.15) is 0 Å². The van der Waals surface area contributed by atoms with E-state index in [1.807, 2.05) is 0 Å². The van der Waals surface area contributed by atoms with E-state index in [0.717, 1.165) is 24.2 Å². The normalized spacial score (nSPS) is 14.1. The topological polar surface area (TPSA) is 95.9 Å². The number of esters is 1. The van der Waals surface area contributed by atoms with E-state index in [1.54, 1.807) is 0 Å². The van der Waals surface area contributed by atoms with E-state index < -0.39 is 23.6 Å². The summed E-state index contributed by atoms with van der Waals surface area (Å²) >= 11 is 0. The number of ether oxygens (including phenoxy) is 1. The molecule has 0 saturated carbocycles. The Labute approximate surface area is 125 Å². The first-order valence-electron chi connectivity index (χ1n) is 6.31. The molecule has 1 aliphatic rings. The monoisotopic (exact) mass is 308 g/mol. The quantitative estimate of drug-likeness (QED) is 0.599. The molecule has 0 aliphatic carbocycles. The molecule has 0 bridgehead atoms. The number of aliphatic hydroxyl groups is 1. The molecule has 1 aromatic rings. The second-order valence-corrected chi connectivity index (χ2v) is 4.39. The number of amides is 2. The van der Waals surface area contributed by atoms with Crippen LogP contribution >= 0.6 is 0 Å². The van der Waals surface area contributed by atoms with Crippen molar-refractivity contribution in [1.29, 1.82) is 0 Å². The molecule has 0 atom stereocenters. The Morgan fingerprint density at radius 1 is 1.41 bits per heavy atom. The highest BCUT2D eigenvalue weighted by Crippen LogP contribution is 2.20. The van der Waals surface area contributed by atoms with Crippen LogP contribution < -0.4 is 5.32 Å². The number of methoxy groups -OCH3 is 1. The number of aliphatic hydroxyl groups excluding tert-OH is 1. The lowest BCUT2D eigenvalue weighted by atomic mass is 10.2. The van der Waals surface area contributed by atoms with E-state index >= 15 is 0 Å². The number of nitrogens with zero attached hydrogens (tertiary/aromatic N) is 1. The number of carbonyl (C=O) groups excluding carboxylic acids is 3. The van der Waals surface area contributed by atoms with Gasteiger partial charge in [-0.3, -0.25) is 14.5 Å². The van der Waals surface area contributed by atoms with Gasteiger partial charge in [-0.1, -0.05) is 0 Å². The van der Waals surface area contributed by atoms with Gasteiger partial charge in [0, 0.05) is 11.8 Å². The fourth-order valence-corrected chi connectivity index (χ4v) is 1.93.